The van der Waals surface area contributed by atoms with Crippen LogP contribution in [0.2, 0.25) is 0 Å². The topological polar surface area (TPSA) is 38.3 Å². The molecule has 3 heteroatoms. The molecular formula is C8H17NO2. The maximum Gasteiger partial charge on any atom is 0.322 e. The normalized spacial score (nSPS) is 12.6. The fourth-order valence-corrected chi connectivity index (χ4v) is 0.855. The van der Waals surface area contributed by atoms with Crippen LogP contribution in [0.25, 0.3) is 0 Å². The summed E-state index contributed by atoms with van der Waals surface area (Å²) in [6.45, 7) is 4.90. The van der Waals surface area contributed by atoms with Crippen molar-refractivity contribution in [3.63, 3.8) is 0 Å². The molecule has 0 unspecified atom stereocenters. The van der Waals surface area contributed by atoms with Crippen LogP contribution < -0.4 is 5.32 Å². The first-order chi connectivity index (χ1) is 5.26. The van der Waals surface area contributed by atoms with E-state index in [9.17, 15) is 4.79 Å². The van der Waals surface area contributed by atoms with E-state index < -0.39 is 0 Å². The third-order valence-corrected chi connectivity index (χ3v) is 1.53. The van der Waals surface area contributed by atoms with E-state index in [1.807, 2.05) is 6.92 Å². The molecular weight excluding hydrogens is 142 g/mol. The maximum atomic E-state index is 11.0. The summed E-state index contributed by atoms with van der Waals surface area (Å²) in [6, 6.07) is -0.125. The maximum absolute atomic E-state index is 11.0. The zero-order chi connectivity index (χ0) is 8.69. The van der Waals surface area contributed by atoms with Crippen molar-refractivity contribution in [1.29, 1.82) is 0 Å². The predicted octanol–water partition coefficient (Wildman–Crippen LogP) is 0.938. The number of methoxy groups -OCH3 is 1. The Morgan fingerprint density at radius 2 is 2.18 bits per heavy atom. The number of hydrogen-bond acceptors (Lipinski definition) is 3. The van der Waals surface area contributed by atoms with Gasteiger partial charge in [-0.15, -0.1) is 0 Å². The zero-order valence-corrected chi connectivity index (χ0v) is 7.52. The van der Waals surface area contributed by atoms with Crippen molar-refractivity contribution in [3.05, 3.63) is 0 Å². The molecule has 0 aliphatic rings. The Labute approximate surface area is 68.1 Å². The molecule has 0 heterocycles. The van der Waals surface area contributed by atoms with Crippen molar-refractivity contribution in [2.45, 2.75) is 32.7 Å². The van der Waals surface area contributed by atoms with Gasteiger partial charge >= 0.3 is 5.97 Å². The summed E-state index contributed by atoms with van der Waals surface area (Å²) < 4.78 is 4.60. The lowest BCUT2D eigenvalue weighted by Crippen LogP contribution is -2.37. The number of rotatable bonds is 5. The van der Waals surface area contributed by atoms with Gasteiger partial charge in [0.15, 0.2) is 0 Å². The number of esters is 1. The van der Waals surface area contributed by atoms with E-state index in [-0.39, 0.29) is 12.0 Å². The Morgan fingerprint density at radius 1 is 1.55 bits per heavy atom. The number of nitrogens with one attached hydrogen (secondary N) is 1. The molecule has 0 aliphatic heterocycles. The lowest BCUT2D eigenvalue weighted by molar-refractivity contribution is -0.143. The molecule has 3 nitrogen and oxygen atoms in total. The minimum absolute atomic E-state index is 0.125. The lowest BCUT2D eigenvalue weighted by Gasteiger charge is -2.12. The highest BCUT2D eigenvalue weighted by Gasteiger charge is 2.14. The molecule has 0 saturated carbocycles. The second kappa shape index (κ2) is 6.16. The van der Waals surface area contributed by atoms with Gasteiger partial charge in [-0.1, -0.05) is 13.8 Å². The SMILES string of the molecule is CCCN[C@@H](CC)C(=O)OC. The Morgan fingerprint density at radius 3 is 2.55 bits per heavy atom. The summed E-state index contributed by atoms with van der Waals surface area (Å²) in [5.74, 6) is -0.166. The molecule has 66 valence electrons. The van der Waals surface area contributed by atoms with Gasteiger partial charge in [0, 0.05) is 0 Å². The second-order valence-electron chi connectivity index (χ2n) is 2.44. The van der Waals surface area contributed by atoms with Gasteiger partial charge in [-0.3, -0.25) is 4.79 Å². The van der Waals surface area contributed by atoms with Crippen LogP contribution in [-0.2, 0) is 9.53 Å². The number of carbonyl (C=O) groups excluding carboxylic acids is 1. The van der Waals surface area contributed by atoms with Gasteiger partial charge in [0.05, 0.1) is 7.11 Å². The van der Waals surface area contributed by atoms with Crippen molar-refractivity contribution >= 4 is 5.97 Å². The molecule has 0 aliphatic carbocycles. The molecule has 0 radical (unpaired) electrons. The van der Waals surface area contributed by atoms with E-state index in [1.54, 1.807) is 0 Å². The first-order valence-electron chi connectivity index (χ1n) is 4.07. The Bertz CT molecular complexity index is 115. The Hall–Kier alpha value is -0.570. The number of carbonyl (C=O) groups is 1. The van der Waals surface area contributed by atoms with Crippen LogP contribution in [0, 0.1) is 0 Å². The average Bonchev–Trinajstić information content (AvgIpc) is 2.05. The highest BCUT2D eigenvalue weighted by Crippen LogP contribution is 1.93. The van der Waals surface area contributed by atoms with Gasteiger partial charge in [0.1, 0.15) is 6.04 Å². The molecule has 0 rings (SSSR count). The van der Waals surface area contributed by atoms with Gasteiger partial charge in [-0.2, -0.15) is 0 Å². The molecule has 0 aromatic heterocycles. The molecule has 0 aromatic rings. The predicted molar refractivity (Wildman–Crippen MR) is 44.4 cm³/mol. The van der Waals surface area contributed by atoms with Crippen LogP contribution >= 0.6 is 0 Å². The average molecular weight is 159 g/mol. The highest BCUT2D eigenvalue weighted by atomic mass is 16.5. The fourth-order valence-electron chi connectivity index (χ4n) is 0.855. The minimum Gasteiger partial charge on any atom is -0.468 e. The highest BCUT2D eigenvalue weighted by molar-refractivity contribution is 5.75. The van der Waals surface area contributed by atoms with Crippen LogP contribution in [-0.4, -0.2) is 25.7 Å². The van der Waals surface area contributed by atoms with E-state index in [2.05, 4.69) is 17.0 Å². The second-order valence-corrected chi connectivity index (χ2v) is 2.44. The van der Waals surface area contributed by atoms with Crippen molar-refractivity contribution in [1.82, 2.24) is 5.32 Å². The van der Waals surface area contributed by atoms with Crippen molar-refractivity contribution in [2.75, 3.05) is 13.7 Å². The molecule has 0 aromatic carbocycles. The lowest BCUT2D eigenvalue weighted by atomic mass is 10.2. The van der Waals surface area contributed by atoms with Crippen LogP contribution in [0.1, 0.15) is 26.7 Å². The standard InChI is InChI=1S/C8H17NO2/c1-4-6-9-7(5-2)8(10)11-3/h7,9H,4-6H2,1-3H3/t7-/m0/s1. The van der Waals surface area contributed by atoms with Gasteiger partial charge in [0.25, 0.3) is 0 Å². The van der Waals surface area contributed by atoms with Crippen molar-refractivity contribution in [2.24, 2.45) is 0 Å². The van der Waals surface area contributed by atoms with E-state index in [1.165, 1.54) is 7.11 Å². The Balaban J connectivity index is 3.65. The van der Waals surface area contributed by atoms with Crippen LogP contribution in [0.4, 0.5) is 0 Å². The van der Waals surface area contributed by atoms with E-state index >= 15 is 0 Å². The summed E-state index contributed by atoms with van der Waals surface area (Å²) in [5.41, 5.74) is 0. The molecule has 11 heavy (non-hydrogen) atoms. The first-order valence-corrected chi connectivity index (χ1v) is 4.07. The fraction of sp³-hybridized carbons (Fsp3) is 0.875. The van der Waals surface area contributed by atoms with E-state index in [0.717, 1.165) is 19.4 Å². The molecule has 0 saturated heterocycles. The van der Waals surface area contributed by atoms with Crippen LogP contribution in [0.15, 0.2) is 0 Å². The van der Waals surface area contributed by atoms with E-state index in [4.69, 9.17) is 0 Å². The molecule has 0 bridgehead atoms. The summed E-state index contributed by atoms with van der Waals surface area (Å²) in [4.78, 5) is 11.0. The van der Waals surface area contributed by atoms with Gasteiger partial charge < -0.3 is 10.1 Å². The monoisotopic (exact) mass is 159 g/mol. The Kier molecular flexibility index (Phi) is 5.84. The smallest absolute Gasteiger partial charge is 0.322 e. The summed E-state index contributed by atoms with van der Waals surface area (Å²) in [6.07, 6.45) is 1.82. The van der Waals surface area contributed by atoms with E-state index in [0.29, 0.717) is 0 Å². The largest absolute Gasteiger partial charge is 0.468 e. The van der Waals surface area contributed by atoms with Crippen molar-refractivity contribution in [3.8, 4) is 0 Å². The molecule has 0 spiro atoms. The summed E-state index contributed by atoms with van der Waals surface area (Å²) >= 11 is 0. The summed E-state index contributed by atoms with van der Waals surface area (Å²) in [7, 11) is 1.42. The number of hydrogen-bond donors (Lipinski definition) is 1. The van der Waals surface area contributed by atoms with Gasteiger partial charge in [-0.05, 0) is 19.4 Å². The van der Waals surface area contributed by atoms with Crippen molar-refractivity contribution < 1.29 is 9.53 Å². The molecule has 0 amide bonds. The number of ether oxygens (including phenoxy) is 1. The third kappa shape index (κ3) is 3.98. The molecule has 0 fully saturated rings. The molecule has 1 atom stereocenters. The quantitative estimate of drug-likeness (QED) is 0.607. The third-order valence-electron chi connectivity index (χ3n) is 1.53. The minimum atomic E-state index is -0.166. The van der Waals surface area contributed by atoms with Crippen LogP contribution in [0.3, 0.4) is 0 Å². The molecule has 1 N–H and O–H groups in total. The first kappa shape index (κ1) is 10.4. The summed E-state index contributed by atoms with van der Waals surface area (Å²) in [5, 5.41) is 3.10. The van der Waals surface area contributed by atoms with Gasteiger partial charge in [-0.25, -0.2) is 0 Å². The van der Waals surface area contributed by atoms with Gasteiger partial charge in [0.2, 0.25) is 0 Å². The van der Waals surface area contributed by atoms with Crippen LogP contribution in [0.5, 0.6) is 0 Å². The zero-order valence-electron chi connectivity index (χ0n) is 7.52.